The first-order chi connectivity index (χ1) is 11.7. The second-order valence-corrected chi connectivity index (χ2v) is 6.47. The first-order valence-corrected chi connectivity index (χ1v) is 8.81. The maximum atomic E-state index is 12.6. The molecule has 0 unspecified atom stereocenters. The summed E-state index contributed by atoms with van der Waals surface area (Å²) in [7, 11) is 0. The van der Waals surface area contributed by atoms with Gasteiger partial charge in [0.05, 0.1) is 11.3 Å². The minimum Gasteiger partial charge on any atom is -0.352 e. The minimum atomic E-state index is -0.122. The molecule has 1 aliphatic rings. The highest BCUT2D eigenvalue weighted by Gasteiger charge is 2.30. The van der Waals surface area contributed by atoms with E-state index in [-0.39, 0.29) is 17.7 Å². The molecule has 2 N–H and O–H groups in total. The van der Waals surface area contributed by atoms with Crippen molar-refractivity contribution in [2.75, 3.05) is 11.9 Å². The van der Waals surface area contributed by atoms with Crippen molar-refractivity contribution in [2.24, 2.45) is 5.92 Å². The molecule has 0 bridgehead atoms. The number of carbonyl (C=O) groups excluding carboxylic acids is 2. The number of hydrogen-bond donors (Lipinski definition) is 2. The molecule has 2 amide bonds. The predicted octanol–water partition coefficient (Wildman–Crippen LogP) is 4.11. The van der Waals surface area contributed by atoms with E-state index in [0.717, 1.165) is 42.9 Å². The molecular weight excluding hydrogens is 300 g/mol. The molecular formula is C20H24N2O2. The normalized spacial score (nSPS) is 13.7. The highest BCUT2D eigenvalue weighted by atomic mass is 16.2. The lowest BCUT2D eigenvalue weighted by atomic mass is 10.0. The van der Waals surface area contributed by atoms with Gasteiger partial charge in [-0.15, -0.1) is 0 Å². The van der Waals surface area contributed by atoms with Gasteiger partial charge in [-0.05, 0) is 42.2 Å². The Morgan fingerprint density at radius 1 is 1.08 bits per heavy atom. The number of nitrogens with one attached hydrogen (secondary N) is 2. The van der Waals surface area contributed by atoms with E-state index < -0.39 is 0 Å². The zero-order chi connectivity index (χ0) is 16.9. The summed E-state index contributed by atoms with van der Waals surface area (Å²) in [6.45, 7) is 2.80. The molecule has 0 aliphatic heterocycles. The lowest BCUT2D eigenvalue weighted by Crippen LogP contribution is -2.26. The van der Waals surface area contributed by atoms with Gasteiger partial charge in [0.1, 0.15) is 0 Å². The topological polar surface area (TPSA) is 58.2 Å². The number of amides is 2. The van der Waals surface area contributed by atoms with Crippen LogP contribution < -0.4 is 10.6 Å². The largest absolute Gasteiger partial charge is 0.352 e. The van der Waals surface area contributed by atoms with Crippen molar-refractivity contribution in [2.45, 2.75) is 39.0 Å². The number of hydrogen-bond acceptors (Lipinski definition) is 2. The van der Waals surface area contributed by atoms with Gasteiger partial charge in [0.15, 0.2) is 0 Å². The molecule has 4 nitrogen and oxygen atoms in total. The van der Waals surface area contributed by atoms with Gasteiger partial charge in [-0.2, -0.15) is 0 Å². The van der Waals surface area contributed by atoms with E-state index in [1.165, 1.54) is 0 Å². The van der Waals surface area contributed by atoms with Gasteiger partial charge >= 0.3 is 0 Å². The molecule has 2 aromatic carbocycles. The van der Waals surface area contributed by atoms with E-state index >= 15 is 0 Å². The van der Waals surface area contributed by atoms with Gasteiger partial charge in [0.25, 0.3) is 5.91 Å². The molecule has 126 valence electrons. The van der Waals surface area contributed by atoms with Gasteiger partial charge in [0, 0.05) is 12.5 Å². The third-order valence-electron chi connectivity index (χ3n) is 4.40. The van der Waals surface area contributed by atoms with E-state index in [9.17, 15) is 9.59 Å². The van der Waals surface area contributed by atoms with E-state index in [1.807, 2.05) is 36.4 Å². The number of rotatable bonds is 7. The van der Waals surface area contributed by atoms with Gasteiger partial charge in [-0.25, -0.2) is 0 Å². The van der Waals surface area contributed by atoms with E-state index in [0.29, 0.717) is 17.8 Å². The molecule has 1 fully saturated rings. The van der Waals surface area contributed by atoms with Crippen LogP contribution in [-0.4, -0.2) is 18.4 Å². The van der Waals surface area contributed by atoms with Gasteiger partial charge in [-0.1, -0.05) is 44.0 Å². The summed E-state index contributed by atoms with van der Waals surface area (Å²) in [6.07, 6.45) is 5.08. The summed E-state index contributed by atoms with van der Waals surface area (Å²) in [5.74, 6) is 0.00482. The Labute approximate surface area is 142 Å². The van der Waals surface area contributed by atoms with Crippen LogP contribution in [-0.2, 0) is 4.79 Å². The first-order valence-electron chi connectivity index (χ1n) is 8.81. The molecule has 0 radical (unpaired) electrons. The summed E-state index contributed by atoms with van der Waals surface area (Å²) in [6, 6.07) is 11.7. The fourth-order valence-electron chi connectivity index (χ4n) is 2.78. The fraction of sp³-hybridized carbons (Fsp3) is 0.400. The Kier molecular flexibility index (Phi) is 5.14. The average molecular weight is 324 g/mol. The summed E-state index contributed by atoms with van der Waals surface area (Å²) >= 11 is 0. The zero-order valence-corrected chi connectivity index (χ0v) is 14.1. The van der Waals surface area contributed by atoms with Crippen molar-refractivity contribution in [3.8, 4) is 0 Å². The van der Waals surface area contributed by atoms with Crippen molar-refractivity contribution >= 4 is 28.3 Å². The Balaban J connectivity index is 1.84. The van der Waals surface area contributed by atoms with Crippen molar-refractivity contribution in [3.05, 3.63) is 42.0 Å². The minimum absolute atomic E-state index is 0.0188. The highest BCUT2D eigenvalue weighted by molar-refractivity contribution is 6.08. The van der Waals surface area contributed by atoms with Gasteiger partial charge < -0.3 is 10.6 Å². The lowest BCUT2D eigenvalue weighted by Gasteiger charge is -2.13. The number of carbonyl (C=O) groups is 2. The Morgan fingerprint density at radius 2 is 1.79 bits per heavy atom. The summed E-state index contributed by atoms with van der Waals surface area (Å²) in [5, 5.41) is 7.93. The molecule has 0 atom stereocenters. The molecule has 0 saturated heterocycles. The summed E-state index contributed by atoms with van der Waals surface area (Å²) < 4.78 is 0. The molecule has 1 saturated carbocycles. The Hall–Kier alpha value is -2.36. The Bertz CT molecular complexity index is 750. The average Bonchev–Trinajstić information content (AvgIpc) is 3.43. The van der Waals surface area contributed by atoms with Gasteiger partial charge in [-0.3, -0.25) is 9.59 Å². The zero-order valence-electron chi connectivity index (χ0n) is 14.1. The van der Waals surface area contributed by atoms with Crippen LogP contribution in [0.1, 0.15) is 49.4 Å². The quantitative estimate of drug-likeness (QED) is 0.753. The molecule has 3 rings (SSSR count). The third-order valence-corrected chi connectivity index (χ3v) is 4.40. The van der Waals surface area contributed by atoms with Crippen molar-refractivity contribution in [3.63, 3.8) is 0 Å². The number of anilines is 1. The molecule has 0 heterocycles. The maximum absolute atomic E-state index is 12.6. The molecule has 0 aromatic heterocycles. The van der Waals surface area contributed by atoms with Crippen LogP contribution >= 0.6 is 0 Å². The van der Waals surface area contributed by atoms with Crippen LogP contribution in [0.5, 0.6) is 0 Å². The Morgan fingerprint density at radius 3 is 2.46 bits per heavy atom. The second-order valence-electron chi connectivity index (χ2n) is 6.47. The standard InChI is InChI=1S/C20H24N2O2/c1-2-3-6-11-21-20(24)17-12-15-7-4-5-8-16(15)13-18(17)22-19(23)14-9-10-14/h4-5,7-8,12-14H,2-3,6,9-11H2,1H3,(H,21,24)(H,22,23). The fourth-order valence-corrected chi connectivity index (χ4v) is 2.78. The molecule has 2 aromatic rings. The van der Waals surface area contributed by atoms with Crippen molar-refractivity contribution < 1.29 is 9.59 Å². The monoisotopic (exact) mass is 324 g/mol. The molecule has 1 aliphatic carbocycles. The number of benzene rings is 2. The van der Waals surface area contributed by atoms with Crippen molar-refractivity contribution in [1.82, 2.24) is 5.32 Å². The maximum Gasteiger partial charge on any atom is 0.253 e. The van der Waals surface area contributed by atoms with Crippen LogP contribution in [0.2, 0.25) is 0 Å². The first kappa shape index (κ1) is 16.5. The summed E-state index contributed by atoms with van der Waals surface area (Å²) in [5.41, 5.74) is 1.15. The van der Waals surface area contributed by atoms with Crippen LogP contribution in [0.4, 0.5) is 5.69 Å². The third kappa shape index (κ3) is 3.94. The van der Waals surface area contributed by atoms with Crippen LogP contribution in [0.3, 0.4) is 0 Å². The van der Waals surface area contributed by atoms with Crippen LogP contribution in [0, 0.1) is 5.92 Å². The van der Waals surface area contributed by atoms with E-state index in [1.54, 1.807) is 0 Å². The second kappa shape index (κ2) is 7.47. The lowest BCUT2D eigenvalue weighted by molar-refractivity contribution is -0.117. The number of fused-ring (bicyclic) bond motifs is 1. The molecule has 4 heteroatoms. The predicted molar refractivity (Wildman–Crippen MR) is 97.2 cm³/mol. The molecule has 0 spiro atoms. The van der Waals surface area contributed by atoms with Crippen LogP contribution in [0.15, 0.2) is 36.4 Å². The molecule has 24 heavy (non-hydrogen) atoms. The smallest absolute Gasteiger partial charge is 0.253 e. The van der Waals surface area contributed by atoms with E-state index in [4.69, 9.17) is 0 Å². The van der Waals surface area contributed by atoms with Crippen LogP contribution in [0.25, 0.3) is 10.8 Å². The van der Waals surface area contributed by atoms with Crippen molar-refractivity contribution in [1.29, 1.82) is 0 Å². The van der Waals surface area contributed by atoms with E-state index in [2.05, 4.69) is 17.6 Å². The SMILES string of the molecule is CCCCCNC(=O)c1cc2ccccc2cc1NC(=O)C1CC1. The summed E-state index contributed by atoms with van der Waals surface area (Å²) in [4.78, 5) is 24.7. The number of unbranched alkanes of at least 4 members (excludes halogenated alkanes) is 2. The van der Waals surface area contributed by atoms with Gasteiger partial charge in [0.2, 0.25) is 5.91 Å². The highest BCUT2D eigenvalue weighted by Crippen LogP contribution is 2.31.